The molecule has 0 aliphatic rings. The number of alkyl halides is 3. The van der Waals surface area contributed by atoms with E-state index < -0.39 is 41.3 Å². The van der Waals surface area contributed by atoms with Crippen LogP contribution in [0.15, 0.2) is 54.6 Å². The number of amides is 1. The van der Waals surface area contributed by atoms with Gasteiger partial charge in [0.25, 0.3) is 5.91 Å². The Morgan fingerprint density at radius 1 is 0.971 bits per heavy atom. The van der Waals surface area contributed by atoms with Gasteiger partial charge in [-0.15, -0.1) is 13.2 Å². The van der Waals surface area contributed by atoms with Crippen LogP contribution in [0.25, 0.3) is 10.8 Å². The van der Waals surface area contributed by atoms with Gasteiger partial charge in [-0.05, 0) is 35.2 Å². The van der Waals surface area contributed by atoms with Crippen LogP contribution in [0.5, 0.6) is 11.5 Å². The number of halogens is 4. The number of hydrogen-bond acceptors (Lipinski definition) is 4. The zero-order valence-corrected chi connectivity index (χ0v) is 19.1. The monoisotopic (exact) mass is 493 g/mol. The molecule has 0 aliphatic heterocycles. The van der Waals surface area contributed by atoms with E-state index in [0.717, 1.165) is 12.1 Å². The van der Waals surface area contributed by atoms with Crippen molar-refractivity contribution < 1.29 is 41.7 Å². The lowest BCUT2D eigenvalue weighted by Gasteiger charge is -2.28. The molecular formula is C25H23F4NO5. The molecule has 3 aromatic carbocycles. The molecule has 0 bridgehead atoms. The Labute approximate surface area is 198 Å². The Kier molecular flexibility index (Phi) is 7.23. The average Bonchev–Trinajstić information content (AvgIpc) is 2.74. The second-order valence-electron chi connectivity index (χ2n) is 8.87. The Hall–Kier alpha value is -3.82. The van der Waals surface area contributed by atoms with E-state index in [1.807, 2.05) is 0 Å². The molecule has 0 radical (unpaired) electrons. The molecule has 1 unspecified atom stereocenters. The highest BCUT2D eigenvalue weighted by atomic mass is 19.4. The van der Waals surface area contributed by atoms with Crippen molar-refractivity contribution in [2.45, 2.75) is 39.8 Å². The summed E-state index contributed by atoms with van der Waals surface area (Å²) >= 11 is 0. The molecule has 3 aromatic rings. The zero-order valence-electron chi connectivity index (χ0n) is 19.1. The summed E-state index contributed by atoms with van der Waals surface area (Å²) in [6.45, 7) is 4.81. The fourth-order valence-electron chi connectivity index (χ4n) is 3.43. The lowest BCUT2D eigenvalue weighted by atomic mass is 9.86. The van der Waals surface area contributed by atoms with Crippen LogP contribution in [0.1, 0.15) is 36.7 Å². The lowest BCUT2D eigenvalue weighted by Crippen LogP contribution is -2.49. The molecule has 0 saturated heterocycles. The summed E-state index contributed by atoms with van der Waals surface area (Å²) in [6.07, 6.45) is -4.83. The number of carboxylic acid groups (broad SMARTS) is 1. The van der Waals surface area contributed by atoms with E-state index in [1.165, 1.54) is 36.4 Å². The summed E-state index contributed by atoms with van der Waals surface area (Å²) in [7, 11) is 0. The minimum Gasteiger partial charge on any atom is -0.487 e. The first-order chi connectivity index (χ1) is 16.3. The summed E-state index contributed by atoms with van der Waals surface area (Å²) < 4.78 is 61.2. The third kappa shape index (κ3) is 6.40. The summed E-state index contributed by atoms with van der Waals surface area (Å²) in [5, 5.41) is 12.5. The van der Waals surface area contributed by atoms with Gasteiger partial charge in [-0.25, -0.2) is 9.18 Å². The van der Waals surface area contributed by atoms with Crippen molar-refractivity contribution in [2.24, 2.45) is 5.41 Å². The molecule has 1 atom stereocenters. The number of fused-ring (bicyclic) bond motifs is 1. The van der Waals surface area contributed by atoms with Gasteiger partial charge in [0.2, 0.25) is 0 Å². The van der Waals surface area contributed by atoms with Crippen molar-refractivity contribution in [1.82, 2.24) is 5.32 Å². The van der Waals surface area contributed by atoms with E-state index >= 15 is 0 Å². The zero-order chi connectivity index (χ0) is 26.0. The number of carbonyl (C=O) groups is 2. The van der Waals surface area contributed by atoms with Crippen LogP contribution < -0.4 is 14.8 Å². The third-order valence-corrected chi connectivity index (χ3v) is 5.13. The Balaban J connectivity index is 1.94. The van der Waals surface area contributed by atoms with Gasteiger partial charge in [-0.3, -0.25) is 4.79 Å². The number of nitrogens with one attached hydrogen (secondary N) is 1. The van der Waals surface area contributed by atoms with Crippen molar-refractivity contribution in [3.63, 3.8) is 0 Å². The highest BCUT2D eigenvalue weighted by Crippen LogP contribution is 2.33. The van der Waals surface area contributed by atoms with Gasteiger partial charge in [-0.1, -0.05) is 51.1 Å². The van der Waals surface area contributed by atoms with Gasteiger partial charge in [0.15, 0.2) is 0 Å². The van der Waals surface area contributed by atoms with E-state index in [0.29, 0.717) is 5.56 Å². The van der Waals surface area contributed by atoms with Crippen molar-refractivity contribution in [2.75, 3.05) is 0 Å². The van der Waals surface area contributed by atoms with Crippen molar-refractivity contribution in [3.05, 3.63) is 71.5 Å². The topological polar surface area (TPSA) is 84.9 Å². The SMILES string of the molecule is CC(C)(C)C(NC(=O)c1ccc2c(F)cccc2c1OCc1ccc(OC(F)(F)F)cc1)C(=O)O. The molecule has 3 rings (SSSR count). The normalized spacial score (nSPS) is 12.8. The maximum absolute atomic E-state index is 14.4. The minimum absolute atomic E-state index is 0.00756. The van der Waals surface area contributed by atoms with Gasteiger partial charge < -0.3 is 19.9 Å². The van der Waals surface area contributed by atoms with E-state index in [-0.39, 0.29) is 28.7 Å². The van der Waals surface area contributed by atoms with E-state index in [2.05, 4.69) is 10.1 Å². The fourth-order valence-corrected chi connectivity index (χ4v) is 3.43. The van der Waals surface area contributed by atoms with Crippen LogP contribution in [-0.2, 0) is 11.4 Å². The van der Waals surface area contributed by atoms with Gasteiger partial charge >= 0.3 is 12.3 Å². The molecule has 0 aliphatic carbocycles. The Bertz CT molecular complexity index is 1230. The maximum atomic E-state index is 14.4. The summed E-state index contributed by atoms with van der Waals surface area (Å²) in [6, 6.07) is 10.7. The largest absolute Gasteiger partial charge is 0.573 e. The van der Waals surface area contributed by atoms with Crippen LogP contribution >= 0.6 is 0 Å². The van der Waals surface area contributed by atoms with Crippen molar-refractivity contribution >= 4 is 22.6 Å². The molecule has 0 saturated carbocycles. The Morgan fingerprint density at radius 2 is 1.63 bits per heavy atom. The number of carboxylic acids is 1. The number of carbonyl (C=O) groups excluding carboxylic acids is 1. The smallest absolute Gasteiger partial charge is 0.487 e. The van der Waals surface area contributed by atoms with Crippen molar-refractivity contribution in [3.8, 4) is 11.5 Å². The molecule has 186 valence electrons. The van der Waals surface area contributed by atoms with Crippen LogP contribution in [0.4, 0.5) is 17.6 Å². The molecule has 10 heteroatoms. The molecule has 0 heterocycles. The Morgan fingerprint density at radius 3 is 2.20 bits per heavy atom. The molecule has 0 fully saturated rings. The second kappa shape index (κ2) is 9.81. The van der Waals surface area contributed by atoms with Gasteiger partial charge in [0, 0.05) is 10.8 Å². The highest BCUT2D eigenvalue weighted by Gasteiger charge is 2.34. The van der Waals surface area contributed by atoms with E-state index in [1.54, 1.807) is 26.8 Å². The highest BCUT2D eigenvalue weighted by molar-refractivity contribution is 6.05. The van der Waals surface area contributed by atoms with Gasteiger partial charge in [-0.2, -0.15) is 0 Å². The van der Waals surface area contributed by atoms with E-state index in [4.69, 9.17) is 4.74 Å². The first-order valence-electron chi connectivity index (χ1n) is 10.5. The first-order valence-corrected chi connectivity index (χ1v) is 10.5. The van der Waals surface area contributed by atoms with Crippen LogP contribution in [-0.4, -0.2) is 29.4 Å². The second-order valence-corrected chi connectivity index (χ2v) is 8.87. The maximum Gasteiger partial charge on any atom is 0.573 e. The van der Waals surface area contributed by atoms with Gasteiger partial charge in [0.1, 0.15) is 30.0 Å². The average molecular weight is 493 g/mol. The van der Waals surface area contributed by atoms with E-state index in [9.17, 15) is 32.3 Å². The number of ether oxygens (including phenoxy) is 2. The summed E-state index contributed by atoms with van der Waals surface area (Å²) in [4.78, 5) is 24.8. The number of aliphatic carboxylic acids is 1. The number of benzene rings is 3. The molecular weight excluding hydrogens is 470 g/mol. The quantitative estimate of drug-likeness (QED) is 0.414. The minimum atomic E-state index is -4.83. The lowest BCUT2D eigenvalue weighted by molar-refractivity contribution is -0.274. The van der Waals surface area contributed by atoms with Gasteiger partial charge in [0.05, 0.1) is 5.56 Å². The number of hydrogen-bond donors (Lipinski definition) is 2. The standard InChI is InChI=1S/C25H23F4NO5/c1-24(2,3)21(23(32)33)30-22(31)18-12-11-16-17(5-4-6-19(16)26)20(18)34-13-14-7-9-15(10-8-14)35-25(27,28)29/h4-12,21H,13H2,1-3H3,(H,30,31)(H,32,33). The molecule has 2 N–H and O–H groups in total. The third-order valence-electron chi connectivity index (χ3n) is 5.13. The molecule has 35 heavy (non-hydrogen) atoms. The van der Waals surface area contributed by atoms with Crippen molar-refractivity contribution in [1.29, 1.82) is 0 Å². The first kappa shape index (κ1) is 25.8. The number of rotatable bonds is 7. The predicted octanol–water partition coefficient (Wildman–Crippen LogP) is 5.69. The summed E-state index contributed by atoms with van der Waals surface area (Å²) in [5.74, 6) is -2.90. The fraction of sp³-hybridized carbons (Fsp3) is 0.280. The molecule has 1 amide bonds. The molecule has 0 spiro atoms. The predicted molar refractivity (Wildman–Crippen MR) is 120 cm³/mol. The van der Waals surface area contributed by atoms with Crippen LogP contribution in [0.2, 0.25) is 0 Å². The summed E-state index contributed by atoms with van der Waals surface area (Å²) in [5.41, 5.74) is -0.362. The van der Waals surface area contributed by atoms with Crippen LogP contribution in [0, 0.1) is 11.2 Å². The molecule has 6 nitrogen and oxygen atoms in total. The molecule has 0 aromatic heterocycles. The van der Waals surface area contributed by atoms with Crippen LogP contribution in [0.3, 0.4) is 0 Å².